The molecule has 1 saturated heterocycles. The Kier molecular flexibility index (Phi) is 6.61. The molecule has 3 aliphatic heterocycles. The lowest BCUT2D eigenvalue weighted by Crippen LogP contribution is -2.62. The van der Waals surface area contributed by atoms with Crippen molar-refractivity contribution in [2.45, 2.75) is 96.7 Å². The van der Waals surface area contributed by atoms with Crippen LogP contribution in [0.2, 0.25) is 0 Å². The fraction of sp³-hybridized carbons (Fsp3) is 0.818. The van der Waals surface area contributed by atoms with Gasteiger partial charge in [0.2, 0.25) is 5.91 Å². The zero-order valence-corrected chi connectivity index (χ0v) is 17.4. The summed E-state index contributed by atoms with van der Waals surface area (Å²) in [6, 6.07) is 0.790. The molecule has 0 aliphatic carbocycles. The number of nitrogens with zero attached hydrogens (tertiary/aromatic N) is 1. The average molecular weight is 378 g/mol. The van der Waals surface area contributed by atoms with Crippen molar-refractivity contribution in [2.75, 3.05) is 19.6 Å². The Bertz CT molecular complexity index is 600. The predicted octanol–water partition coefficient (Wildman–Crippen LogP) is 3.48. The zero-order valence-electron chi connectivity index (χ0n) is 17.4. The molecule has 4 atom stereocenters. The van der Waals surface area contributed by atoms with Gasteiger partial charge < -0.3 is 14.5 Å². The van der Waals surface area contributed by atoms with Gasteiger partial charge in [-0.05, 0) is 20.3 Å². The number of hydrogen-bond donors (Lipinski definition) is 1. The molecule has 5 nitrogen and oxygen atoms in total. The summed E-state index contributed by atoms with van der Waals surface area (Å²) >= 11 is 0. The summed E-state index contributed by atoms with van der Waals surface area (Å²) in [4.78, 5) is 24.7. The van der Waals surface area contributed by atoms with E-state index in [0.29, 0.717) is 24.7 Å². The number of quaternary nitrogens is 1. The van der Waals surface area contributed by atoms with Crippen molar-refractivity contribution in [1.29, 1.82) is 0 Å². The molecule has 3 aliphatic rings. The Morgan fingerprint density at radius 2 is 2.04 bits per heavy atom. The van der Waals surface area contributed by atoms with E-state index in [1.165, 1.54) is 12.8 Å². The van der Waals surface area contributed by atoms with Crippen molar-refractivity contribution < 1.29 is 18.8 Å². The van der Waals surface area contributed by atoms with Gasteiger partial charge in [0.15, 0.2) is 5.78 Å². The Morgan fingerprint density at radius 3 is 2.81 bits per heavy atom. The second-order valence-corrected chi connectivity index (χ2v) is 8.78. The van der Waals surface area contributed by atoms with Crippen LogP contribution in [-0.2, 0) is 14.3 Å². The number of Topliss-reactive ketones (excluding diaryl/α,β-unsaturated/α-hetero) is 1. The second-order valence-electron chi connectivity index (χ2n) is 8.78. The number of nitrogens with one attached hydrogen (secondary N) is 1. The first kappa shape index (κ1) is 20.4. The number of ketones is 1. The molecule has 0 aromatic rings. The zero-order chi connectivity index (χ0) is 19.4. The highest BCUT2D eigenvalue weighted by atomic mass is 16.5. The van der Waals surface area contributed by atoms with Crippen molar-refractivity contribution in [3.63, 3.8) is 0 Å². The van der Waals surface area contributed by atoms with E-state index < -0.39 is 0 Å². The third-order valence-electron chi connectivity index (χ3n) is 6.95. The Morgan fingerprint density at radius 1 is 1.22 bits per heavy atom. The van der Waals surface area contributed by atoms with Crippen molar-refractivity contribution in [1.82, 2.24) is 5.32 Å². The second kappa shape index (κ2) is 8.76. The van der Waals surface area contributed by atoms with Crippen molar-refractivity contribution in [2.24, 2.45) is 0 Å². The first-order valence-electron chi connectivity index (χ1n) is 11.0. The monoisotopic (exact) mass is 377 g/mol. The van der Waals surface area contributed by atoms with Crippen LogP contribution in [0.3, 0.4) is 0 Å². The fourth-order valence-corrected chi connectivity index (χ4v) is 5.54. The normalized spacial score (nSPS) is 32.7. The molecule has 1 fully saturated rings. The SMILES string of the molecule is CCCCCC(=O)NCCC[N@@+]12CCC[C@@H]1CC1=C(C(=O)C[C@H](C)O1)[C@H]2C. The van der Waals surface area contributed by atoms with Gasteiger partial charge in [-0.2, -0.15) is 0 Å². The van der Waals surface area contributed by atoms with Gasteiger partial charge in [-0.3, -0.25) is 9.59 Å². The number of amides is 1. The van der Waals surface area contributed by atoms with Gasteiger partial charge in [0.25, 0.3) is 0 Å². The van der Waals surface area contributed by atoms with Gasteiger partial charge in [-0.25, -0.2) is 0 Å². The van der Waals surface area contributed by atoms with Crippen LogP contribution in [0.1, 0.15) is 78.6 Å². The highest BCUT2D eigenvalue weighted by Gasteiger charge is 2.53. The lowest BCUT2D eigenvalue weighted by molar-refractivity contribution is -0.957. The maximum Gasteiger partial charge on any atom is 0.219 e. The Hall–Kier alpha value is -1.36. The predicted molar refractivity (Wildman–Crippen MR) is 106 cm³/mol. The van der Waals surface area contributed by atoms with Crippen LogP contribution in [0.4, 0.5) is 0 Å². The van der Waals surface area contributed by atoms with Crippen molar-refractivity contribution in [3.8, 4) is 0 Å². The molecule has 0 bridgehead atoms. The number of carbonyl (C=O) groups is 2. The van der Waals surface area contributed by atoms with Gasteiger partial charge in [0.05, 0.1) is 31.1 Å². The van der Waals surface area contributed by atoms with Crippen LogP contribution < -0.4 is 5.32 Å². The number of hydrogen-bond acceptors (Lipinski definition) is 3. The van der Waals surface area contributed by atoms with Crippen molar-refractivity contribution in [3.05, 3.63) is 11.3 Å². The Balaban J connectivity index is 1.59. The first-order valence-corrected chi connectivity index (χ1v) is 11.0. The molecule has 0 saturated carbocycles. The molecule has 1 amide bonds. The Labute approximate surface area is 164 Å². The van der Waals surface area contributed by atoms with E-state index in [9.17, 15) is 9.59 Å². The standard InChI is InChI=1S/C22H36N2O3/c1-4-5-6-10-21(26)23-11-8-13-24-12-7-9-18(24)15-20-22(17(24)3)19(25)14-16(2)27-20/h16-18H,4-15H2,1-3H3/p+1/t16-,17+,18+,24+/m0/s1. The molecule has 0 aromatic heterocycles. The summed E-state index contributed by atoms with van der Waals surface area (Å²) in [5.74, 6) is 1.46. The summed E-state index contributed by atoms with van der Waals surface area (Å²) in [6.45, 7) is 9.32. The number of unbranched alkanes of at least 4 members (excludes halogenated alkanes) is 2. The molecule has 5 heteroatoms. The molecular formula is C22H37N2O3+. The van der Waals surface area contributed by atoms with Gasteiger partial charge >= 0.3 is 0 Å². The van der Waals surface area contributed by atoms with Crippen LogP contribution in [0, 0.1) is 0 Å². The minimum atomic E-state index is 0.0211. The summed E-state index contributed by atoms with van der Waals surface area (Å²) in [5.41, 5.74) is 0.967. The molecule has 0 unspecified atom stereocenters. The molecule has 152 valence electrons. The number of rotatable bonds is 8. The quantitative estimate of drug-likeness (QED) is 0.520. The molecule has 27 heavy (non-hydrogen) atoms. The van der Waals surface area contributed by atoms with E-state index in [4.69, 9.17) is 4.74 Å². The van der Waals surface area contributed by atoms with E-state index in [1.807, 2.05) is 6.92 Å². The van der Waals surface area contributed by atoms with Crippen LogP contribution in [-0.4, -0.2) is 54.0 Å². The van der Waals surface area contributed by atoms with Gasteiger partial charge in [-0.15, -0.1) is 0 Å². The average Bonchev–Trinajstić information content (AvgIpc) is 3.02. The van der Waals surface area contributed by atoms with Crippen LogP contribution >= 0.6 is 0 Å². The van der Waals surface area contributed by atoms with Crippen molar-refractivity contribution >= 4 is 11.7 Å². The molecule has 0 radical (unpaired) electrons. The van der Waals surface area contributed by atoms with Crippen LogP contribution in [0.15, 0.2) is 11.3 Å². The fourth-order valence-electron chi connectivity index (χ4n) is 5.54. The number of ether oxygens (including phenoxy) is 1. The van der Waals surface area contributed by atoms with E-state index in [1.54, 1.807) is 0 Å². The molecule has 0 aromatic carbocycles. The van der Waals surface area contributed by atoms with E-state index in [2.05, 4.69) is 19.2 Å². The lowest BCUT2D eigenvalue weighted by atomic mass is 9.85. The van der Waals surface area contributed by atoms with E-state index in [-0.39, 0.29) is 18.1 Å². The third kappa shape index (κ3) is 4.23. The van der Waals surface area contributed by atoms with E-state index >= 15 is 0 Å². The highest BCUT2D eigenvalue weighted by Crippen LogP contribution is 2.44. The van der Waals surface area contributed by atoms with E-state index in [0.717, 1.165) is 67.6 Å². The maximum atomic E-state index is 12.7. The topological polar surface area (TPSA) is 55.4 Å². The summed E-state index contributed by atoms with van der Waals surface area (Å²) < 4.78 is 7.10. The van der Waals surface area contributed by atoms with Crippen LogP contribution in [0.25, 0.3) is 0 Å². The minimum Gasteiger partial charge on any atom is -0.494 e. The smallest absolute Gasteiger partial charge is 0.219 e. The number of carbonyl (C=O) groups excluding carboxylic acids is 2. The molecule has 3 heterocycles. The number of fused-ring (bicyclic) bond motifs is 1. The van der Waals surface area contributed by atoms with Gasteiger partial charge in [0.1, 0.15) is 17.9 Å². The molecule has 1 N–H and O–H groups in total. The summed E-state index contributed by atoms with van der Waals surface area (Å²) in [7, 11) is 0. The summed E-state index contributed by atoms with van der Waals surface area (Å²) in [6.07, 6.45) is 8.78. The first-order chi connectivity index (χ1) is 13.0. The highest BCUT2D eigenvalue weighted by molar-refractivity contribution is 5.97. The molecular weight excluding hydrogens is 340 g/mol. The third-order valence-corrected chi connectivity index (χ3v) is 6.95. The largest absolute Gasteiger partial charge is 0.494 e. The molecule has 3 rings (SSSR count). The van der Waals surface area contributed by atoms with Gasteiger partial charge in [0, 0.05) is 38.6 Å². The van der Waals surface area contributed by atoms with Gasteiger partial charge in [-0.1, -0.05) is 19.8 Å². The summed E-state index contributed by atoms with van der Waals surface area (Å²) in [5, 5.41) is 3.09. The maximum absolute atomic E-state index is 12.7. The molecule has 0 spiro atoms. The minimum absolute atomic E-state index is 0.0211. The lowest BCUT2D eigenvalue weighted by Gasteiger charge is -2.50. The van der Waals surface area contributed by atoms with Crippen LogP contribution in [0.5, 0.6) is 0 Å².